The summed E-state index contributed by atoms with van der Waals surface area (Å²) in [6.45, 7) is 3.26. The number of hydrogen-bond donors (Lipinski definition) is 2. The van der Waals surface area contributed by atoms with E-state index in [-0.39, 0.29) is 22.5 Å². The minimum Gasteiger partial charge on any atom is -0.481 e. The summed E-state index contributed by atoms with van der Waals surface area (Å²) in [5, 5.41) is 12.2. The smallest absolute Gasteiger partial charge is 0.311 e. The maximum atomic E-state index is 12.5. The second-order valence-corrected chi connectivity index (χ2v) is 9.77. The summed E-state index contributed by atoms with van der Waals surface area (Å²) < 4.78 is 25.0. The first-order valence-electron chi connectivity index (χ1n) is 9.29. The highest BCUT2D eigenvalue weighted by atomic mass is 32.2. The number of carbonyl (C=O) groups excluding carboxylic acids is 1. The van der Waals surface area contributed by atoms with Crippen LogP contribution in [0.2, 0.25) is 0 Å². The van der Waals surface area contributed by atoms with E-state index in [9.17, 15) is 23.1 Å². The van der Waals surface area contributed by atoms with Crippen LogP contribution in [0.5, 0.6) is 0 Å². The van der Waals surface area contributed by atoms with Crippen molar-refractivity contribution in [1.82, 2.24) is 4.90 Å². The van der Waals surface area contributed by atoms with E-state index >= 15 is 0 Å². The number of rotatable bonds is 7. The third-order valence-corrected chi connectivity index (χ3v) is 7.60. The van der Waals surface area contributed by atoms with Gasteiger partial charge in [-0.2, -0.15) is 0 Å². The SMILES string of the molecule is CC(=O)Nc1ccc(S(=O)(=O)CCCN2C[C@@H]3CCC[C@@]3(C(=O)O)C2)cc1. The molecule has 0 spiro atoms. The Morgan fingerprint density at radius 3 is 2.59 bits per heavy atom. The van der Waals surface area contributed by atoms with Crippen LogP contribution in [0.4, 0.5) is 5.69 Å². The molecule has 1 aliphatic heterocycles. The number of carbonyl (C=O) groups is 2. The van der Waals surface area contributed by atoms with Gasteiger partial charge in [-0.05, 0) is 56.0 Å². The molecular formula is C19H26N2O5S. The first-order valence-corrected chi connectivity index (χ1v) is 10.9. The molecule has 27 heavy (non-hydrogen) atoms. The van der Waals surface area contributed by atoms with Crippen LogP contribution in [-0.2, 0) is 19.4 Å². The van der Waals surface area contributed by atoms with E-state index in [1.165, 1.54) is 19.1 Å². The van der Waals surface area contributed by atoms with Crippen molar-refractivity contribution in [2.24, 2.45) is 11.3 Å². The van der Waals surface area contributed by atoms with Gasteiger partial charge in [-0.25, -0.2) is 8.42 Å². The second kappa shape index (κ2) is 7.59. The van der Waals surface area contributed by atoms with Crippen molar-refractivity contribution in [1.29, 1.82) is 0 Å². The minimum atomic E-state index is -3.40. The van der Waals surface area contributed by atoms with Crippen molar-refractivity contribution < 1.29 is 23.1 Å². The summed E-state index contributed by atoms with van der Waals surface area (Å²) in [4.78, 5) is 25.1. The van der Waals surface area contributed by atoms with Gasteiger partial charge in [0, 0.05) is 25.7 Å². The Morgan fingerprint density at radius 2 is 2.00 bits per heavy atom. The number of anilines is 1. The number of benzene rings is 1. The molecule has 1 aromatic rings. The molecule has 2 aliphatic rings. The molecule has 1 heterocycles. The number of nitrogens with zero attached hydrogens (tertiary/aromatic N) is 1. The van der Waals surface area contributed by atoms with Crippen molar-refractivity contribution in [2.75, 3.05) is 30.7 Å². The van der Waals surface area contributed by atoms with Gasteiger partial charge in [0.25, 0.3) is 0 Å². The van der Waals surface area contributed by atoms with E-state index in [1.54, 1.807) is 12.1 Å². The van der Waals surface area contributed by atoms with Crippen LogP contribution in [0, 0.1) is 11.3 Å². The molecule has 7 nitrogen and oxygen atoms in total. The minimum absolute atomic E-state index is 0.0215. The third kappa shape index (κ3) is 4.16. The topological polar surface area (TPSA) is 104 Å². The summed E-state index contributed by atoms with van der Waals surface area (Å²) in [6, 6.07) is 6.15. The molecule has 2 N–H and O–H groups in total. The van der Waals surface area contributed by atoms with Crippen molar-refractivity contribution in [3.63, 3.8) is 0 Å². The molecule has 2 atom stereocenters. The monoisotopic (exact) mass is 394 g/mol. The number of amides is 1. The molecule has 3 rings (SSSR count). The highest BCUT2D eigenvalue weighted by Gasteiger charge is 2.54. The van der Waals surface area contributed by atoms with Gasteiger partial charge < -0.3 is 15.3 Å². The van der Waals surface area contributed by atoms with E-state index in [0.717, 1.165) is 25.8 Å². The lowest BCUT2D eigenvalue weighted by molar-refractivity contribution is -0.149. The fourth-order valence-electron chi connectivity index (χ4n) is 4.46. The Bertz CT molecular complexity index is 821. The van der Waals surface area contributed by atoms with Crippen LogP contribution in [0.15, 0.2) is 29.2 Å². The Labute approximate surface area is 159 Å². The van der Waals surface area contributed by atoms with Crippen molar-refractivity contribution in [2.45, 2.75) is 37.5 Å². The lowest BCUT2D eigenvalue weighted by Gasteiger charge is -2.23. The molecule has 1 aliphatic carbocycles. The quantitative estimate of drug-likeness (QED) is 0.733. The highest BCUT2D eigenvalue weighted by Crippen LogP contribution is 2.48. The zero-order valence-corrected chi connectivity index (χ0v) is 16.3. The molecule has 1 amide bonds. The summed E-state index contributed by atoms with van der Waals surface area (Å²) in [5.41, 5.74) is -0.0673. The number of nitrogens with one attached hydrogen (secondary N) is 1. The highest BCUT2D eigenvalue weighted by molar-refractivity contribution is 7.91. The summed E-state index contributed by atoms with van der Waals surface area (Å²) in [5.74, 6) is -0.708. The lowest BCUT2D eigenvalue weighted by Crippen LogP contribution is -2.36. The van der Waals surface area contributed by atoms with Crippen molar-refractivity contribution >= 4 is 27.4 Å². The molecule has 0 unspecified atom stereocenters. The van der Waals surface area contributed by atoms with Gasteiger partial charge in [0.1, 0.15) is 0 Å². The molecule has 8 heteroatoms. The number of carboxylic acids is 1. The Balaban J connectivity index is 1.54. The summed E-state index contributed by atoms with van der Waals surface area (Å²) >= 11 is 0. The predicted octanol–water partition coefficient (Wildman–Crippen LogP) is 2.00. The molecule has 148 valence electrons. The van der Waals surface area contributed by atoms with Gasteiger partial charge in [-0.3, -0.25) is 9.59 Å². The van der Waals surface area contributed by atoms with E-state index < -0.39 is 21.2 Å². The Morgan fingerprint density at radius 1 is 1.30 bits per heavy atom. The van der Waals surface area contributed by atoms with Gasteiger partial charge in [0.15, 0.2) is 9.84 Å². The molecular weight excluding hydrogens is 368 g/mol. The van der Waals surface area contributed by atoms with Crippen LogP contribution in [0.1, 0.15) is 32.6 Å². The first-order chi connectivity index (χ1) is 12.7. The number of hydrogen-bond acceptors (Lipinski definition) is 5. The largest absolute Gasteiger partial charge is 0.481 e. The van der Waals surface area contributed by atoms with E-state index in [4.69, 9.17) is 0 Å². The van der Waals surface area contributed by atoms with E-state index in [1.807, 2.05) is 0 Å². The van der Waals surface area contributed by atoms with Gasteiger partial charge in [0.05, 0.1) is 16.1 Å². The van der Waals surface area contributed by atoms with Crippen LogP contribution < -0.4 is 5.32 Å². The van der Waals surface area contributed by atoms with Gasteiger partial charge in [0.2, 0.25) is 5.91 Å². The fourth-order valence-corrected chi connectivity index (χ4v) is 5.75. The van der Waals surface area contributed by atoms with Crippen LogP contribution >= 0.6 is 0 Å². The maximum Gasteiger partial charge on any atom is 0.311 e. The standard InChI is InChI=1S/C19H26N2O5S/c1-14(22)20-16-5-7-17(8-6-16)27(25,26)11-3-10-21-12-15-4-2-9-19(15,13-21)18(23)24/h5-8,15H,2-4,9-13H2,1H3,(H,20,22)(H,23,24)/t15-,19+/m0/s1. The fraction of sp³-hybridized carbons (Fsp3) is 0.579. The van der Waals surface area contributed by atoms with Crippen LogP contribution in [-0.4, -0.2) is 55.7 Å². The molecule has 2 fully saturated rings. The number of fused-ring (bicyclic) bond motifs is 1. The molecule has 1 aromatic carbocycles. The average Bonchev–Trinajstić information content (AvgIpc) is 3.12. The summed E-state index contributed by atoms with van der Waals surface area (Å²) in [7, 11) is -3.40. The number of aliphatic carboxylic acids is 1. The first kappa shape index (κ1) is 19.8. The second-order valence-electron chi connectivity index (χ2n) is 7.66. The number of carboxylic acid groups (broad SMARTS) is 1. The molecule has 0 radical (unpaired) electrons. The predicted molar refractivity (Wildman–Crippen MR) is 101 cm³/mol. The molecule has 1 saturated heterocycles. The van der Waals surface area contributed by atoms with Gasteiger partial charge in [-0.1, -0.05) is 6.42 Å². The Hall–Kier alpha value is -1.93. The van der Waals surface area contributed by atoms with Crippen molar-refractivity contribution in [3.05, 3.63) is 24.3 Å². The third-order valence-electron chi connectivity index (χ3n) is 5.79. The summed E-state index contributed by atoms with van der Waals surface area (Å²) in [6.07, 6.45) is 3.11. The van der Waals surface area contributed by atoms with Crippen molar-refractivity contribution in [3.8, 4) is 0 Å². The maximum absolute atomic E-state index is 12.5. The number of likely N-dealkylation sites (tertiary alicyclic amines) is 1. The lowest BCUT2D eigenvalue weighted by atomic mass is 9.81. The van der Waals surface area contributed by atoms with Gasteiger partial charge in [-0.15, -0.1) is 0 Å². The average molecular weight is 394 g/mol. The van der Waals surface area contributed by atoms with E-state index in [2.05, 4.69) is 10.2 Å². The molecule has 0 bridgehead atoms. The molecule has 1 saturated carbocycles. The normalized spacial score (nSPS) is 25.3. The van der Waals surface area contributed by atoms with Crippen LogP contribution in [0.3, 0.4) is 0 Å². The zero-order valence-electron chi connectivity index (χ0n) is 15.5. The van der Waals surface area contributed by atoms with Gasteiger partial charge >= 0.3 is 5.97 Å². The van der Waals surface area contributed by atoms with Crippen LogP contribution in [0.25, 0.3) is 0 Å². The molecule has 0 aromatic heterocycles. The Kier molecular flexibility index (Phi) is 5.58. The number of sulfone groups is 1. The zero-order chi connectivity index (χ0) is 19.7. The van der Waals surface area contributed by atoms with E-state index in [0.29, 0.717) is 25.2 Å².